The van der Waals surface area contributed by atoms with Crippen LogP contribution in [0, 0.1) is 10.1 Å². The molecule has 2 heterocycles. The molecule has 0 radical (unpaired) electrons. The lowest BCUT2D eigenvalue weighted by atomic mass is 10.3. The topological polar surface area (TPSA) is 150 Å². The van der Waals surface area contributed by atoms with Gasteiger partial charge in [-0.3, -0.25) is 20.3 Å². The summed E-state index contributed by atoms with van der Waals surface area (Å²) in [6.45, 7) is 0.0509. The Labute approximate surface area is 160 Å². The molecule has 0 saturated carbocycles. The molecule has 3 rings (SSSR count). The number of carboxylic acid groups (broad SMARTS) is 1. The highest BCUT2D eigenvalue weighted by Crippen LogP contribution is 2.23. The number of amides is 1. The summed E-state index contributed by atoms with van der Waals surface area (Å²) in [6.07, 6.45) is 0. The number of carboxylic acids is 1. The number of hydrogen-bond acceptors (Lipinski definition) is 9. The highest BCUT2D eigenvalue weighted by molar-refractivity contribution is 7.80. The fraction of sp³-hybridized carbons (Fsp3) is 0.0714. The van der Waals surface area contributed by atoms with Crippen molar-refractivity contribution in [2.75, 3.05) is 16.9 Å². The fourth-order valence-electron chi connectivity index (χ4n) is 2.08. The molecule has 11 nitrogen and oxygen atoms in total. The normalized spacial score (nSPS) is 14.2. The van der Waals surface area contributed by atoms with Gasteiger partial charge in [0.05, 0.1) is 17.2 Å². The fourth-order valence-corrected chi connectivity index (χ4v) is 3.23. The van der Waals surface area contributed by atoms with Crippen LogP contribution in [0.5, 0.6) is 0 Å². The summed E-state index contributed by atoms with van der Waals surface area (Å²) in [5, 5.41) is 28.4. The number of nitro groups is 1. The Morgan fingerprint density at radius 3 is 2.70 bits per heavy atom. The summed E-state index contributed by atoms with van der Waals surface area (Å²) >= 11 is 6.07. The number of thiazole rings is 1. The number of benzene rings is 1. The Bertz CT molecular complexity index is 955. The van der Waals surface area contributed by atoms with Gasteiger partial charge in [-0.2, -0.15) is 5.10 Å². The number of hydrogen-bond donors (Lipinski definition) is 3. The first-order valence-electron chi connectivity index (χ1n) is 7.25. The first-order chi connectivity index (χ1) is 12.9. The van der Waals surface area contributed by atoms with Crippen molar-refractivity contribution < 1.29 is 19.6 Å². The van der Waals surface area contributed by atoms with Crippen LogP contribution in [0.3, 0.4) is 0 Å². The second-order valence-electron chi connectivity index (χ2n) is 5.08. The molecule has 1 saturated heterocycles. The number of nitrogens with zero attached hydrogens (tertiary/aromatic N) is 4. The quantitative estimate of drug-likeness (QED) is 0.278. The molecule has 2 aromatic rings. The van der Waals surface area contributed by atoms with Gasteiger partial charge in [0, 0.05) is 17.5 Å². The SMILES string of the molecule is O=C(O)/C(=N/Nc1ccc([N+](=O)[O-])cc1)c1csc(N2C(=O)CNC2=S)n1. The van der Waals surface area contributed by atoms with E-state index in [4.69, 9.17) is 12.2 Å². The third-order valence-corrected chi connectivity index (χ3v) is 4.50. The van der Waals surface area contributed by atoms with Crippen LogP contribution >= 0.6 is 23.6 Å². The van der Waals surface area contributed by atoms with Gasteiger partial charge in [-0.1, -0.05) is 0 Å². The summed E-state index contributed by atoms with van der Waals surface area (Å²) in [5.41, 5.74) is 2.42. The summed E-state index contributed by atoms with van der Waals surface area (Å²) in [7, 11) is 0. The van der Waals surface area contributed by atoms with E-state index in [1.807, 2.05) is 0 Å². The Kier molecular flexibility index (Phi) is 5.05. The molecular formula is C14H10N6O5S2. The predicted octanol–water partition coefficient (Wildman–Crippen LogP) is 1.17. The van der Waals surface area contributed by atoms with Crippen molar-refractivity contribution in [3.05, 3.63) is 45.5 Å². The van der Waals surface area contributed by atoms with E-state index in [9.17, 15) is 24.8 Å². The van der Waals surface area contributed by atoms with Gasteiger partial charge in [-0.05, 0) is 24.4 Å². The smallest absolute Gasteiger partial charge is 0.358 e. The van der Waals surface area contributed by atoms with Gasteiger partial charge in [-0.25, -0.2) is 14.7 Å². The highest BCUT2D eigenvalue weighted by Gasteiger charge is 2.30. The zero-order valence-corrected chi connectivity index (χ0v) is 14.9. The minimum absolute atomic E-state index is 0.0411. The molecule has 0 unspecified atom stereocenters. The second kappa shape index (κ2) is 7.43. The molecule has 1 amide bonds. The Morgan fingerprint density at radius 1 is 1.44 bits per heavy atom. The molecule has 0 aliphatic carbocycles. The minimum Gasteiger partial charge on any atom is -0.476 e. The molecule has 138 valence electrons. The number of thiocarbonyl (C=S) groups is 1. The lowest BCUT2D eigenvalue weighted by Crippen LogP contribution is -2.30. The molecule has 13 heteroatoms. The van der Waals surface area contributed by atoms with Crippen molar-refractivity contribution in [2.45, 2.75) is 0 Å². The predicted molar refractivity (Wildman–Crippen MR) is 101 cm³/mol. The molecule has 1 fully saturated rings. The first-order valence-corrected chi connectivity index (χ1v) is 8.53. The summed E-state index contributed by atoms with van der Waals surface area (Å²) in [5.74, 6) is -1.63. The maximum absolute atomic E-state index is 11.8. The van der Waals surface area contributed by atoms with Crippen LogP contribution in [-0.2, 0) is 9.59 Å². The Morgan fingerprint density at radius 2 is 2.15 bits per heavy atom. The van der Waals surface area contributed by atoms with Gasteiger partial charge in [0.15, 0.2) is 16.0 Å². The highest BCUT2D eigenvalue weighted by atomic mass is 32.1. The van der Waals surface area contributed by atoms with Crippen LogP contribution in [0.1, 0.15) is 5.69 Å². The third kappa shape index (κ3) is 3.88. The van der Waals surface area contributed by atoms with E-state index in [0.717, 1.165) is 11.3 Å². The molecule has 1 aliphatic rings. The van der Waals surface area contributed by atoms with E-state index in [-0.39, 0.29) is 39.8 Å². The van der Waals surface area contributed by atoms with Crippen LogP contribution in [0.4, 0.5) is 16.5 Å². The largest absolute Gasteiger partial charge is 0.476 e. The average molecular weight is 406 g/mol. The van der Waals surface area contributed by atoms with Crippen LogP contribution in [0.25, 0.3) is 0 Å². The van der Waals surface area contributed by atoms with E-state index in [0.29, 0.717) is 5.69 Å². The number of carbonyl (C=O) groups excluding carboxylic acids is 1. The number of rotatable bonds is 6. The van der Waals surface area contributed by atoms with Gasteiger partial charge in [0.25, 0.3) is 11.6 Å². The van der Waals surface area contributed by atoms with Crippen molar-refractivity contribution in [1.82, 2.24) is 10.3 Å². The Balaban J connectivity index is 1.82. The number of carbonyl (C=O) groups is 2. The Hall–Kier alpha value is -3.45. The van der Waals surface area contributed by atoms with E-state index in [1.165, 1.54) is 34.5 Å². The van der Waals surface area contributed by atoms with Crippen molar-refractivity contribution in [3.8, 4) is 0 Å². The van der Waals surface area contributed by atoms with Gasteiger partial charge in [-0.15, -0.1) is 11.3 Å². The summed E-state index contributed by atoms with van der Waals surface area (Å²) in [6, 6.07) is 5.29. The minimum atomic E-state index is -1.34. The van der Waals surface area contributed by atoms with E-state index >= 15 is 0 Å². The lowest BCUT2D eigenvalue weighted by molar-refractivity contribution is -0.384. The monoisotopic (exact) mass is 406 g/mol. The standard InChI is InChI=1S/C14H10N6O5S2/c21-10-5-15-13(26)19(10)14-16-9(6-27-14)11(12(22)23)18-17-7-1-3-8(4-2-7)20(24)25/h1-4,6,17H,5H2,(H,15,26)(H,22,23)/b18-11+. The number of nitro benzene ring substituents is 1. The number of aromatic nitrogens is 1. The van der Waals surface area contributed by atoms with Crippen molar-refractivity contribution >= 4 is 62.8 Å². The van der Waals surface area contributed by atoms with E-state index in [2.05, 4.69) is 20.8 Å². The zero-order chi connectivity index (χ0) is 19.6. The van der Waals surface area contributed by atoms with Crippen LogP contribution < -0.4 is 15.6 Å². The average Bonchev–Trinajstić information content (AvgIpc) is 3.22. The molecule has 1 aromatic heterocycles. The number of nitrogens with one attached hydrogen (secondary N) is 2. The van der Waals surface area contributed by atoms with Crippen molar-refractivity contribution in [2.24, 2.45) is 5.10 Å². The van der Waals surface area contributed by atoms with Crippen molar-refractivity contribution in [3.63, 3.8) is 0 Å². The molecule has 1 aromatic carbocycles. The molecular weight excluding hydrogens is 396 g/mol. The first kappa shape index (κ1) is 18.3. The van der Waals surface area contributed by atoms with E-state index < -0.39 is 10.9 Å². The van der Waals surface area contributed by atoms with E-state index in [1.54, 1.807) is 0 Å². The number of non-ortho nitro benzene ring substituents is 1. The molecule has 0 atom stereocenters. The van der Waals surface area contributed by atoms with Gasteiger partial charge in [0.2, 0.25) is 0 Å². The molecule has 1 aliphatic heterocycles. The van der Waals surface area contributed by atoms with Gasteiger partial charge < -0.3 is 10.4 Å². The number of anilines is 2. The second-order valence-corrected chi connectivity index (χ2v) is 6.31. The number of aliphatic carboxylic acids is 1. The molecule has 0 spiro atoms. The maximum atomic E-state index is 11.8. The zero-order valence-electron chi connectivity index (χ0n) is 13.3. The van der Waals surface area contributed by atoms with Crippen LogP contribution in [0.15, 0.2) is 34.7 Å². The summed E-state index contributed by atoms with van der Waals surface area (Å²) in [4.78, 5) is 38.7. The molecule has 0 bridgehead atoms. The van der Waals surface area contributed by atoms with Crippen LogP contribution in [0.2, 0.25) is 0 Å². The molecule has 27 heavy (non-hydrogen) atoms. The maximum Gasteiger partial charge on any atom is 0.358 e. The lowest BCUT2D eigenvalue weighted by Gasteiger charge is -2.09. The van der Waals surface area contributed by atoms with Crippen molar-refractivity contribution in [1.29, 1.82) is 0 Å². The summed E-state index contributed by atoms with van der Waals surface area (Å²) < 4.78 is 0. The van der Waals surface area contributed by atoms with Crippen LogP contribution in [-0.4, -0.2) is 44.3 Å². The van der Waals surface area contributed by atoms with Gasteiger partial charge in [0.1, 0.15) is 5.69 Å². The third-order valence-electron chi connectivity index (χ3n) is 3.35. The van der Waals surface area contributed by atoms with Gasteiger partial charge >= 0.3 is 5.97 Å². The molecule has 3 N–H and O–H groups in total. The number of hydrazone groups is 1.